The topological polar surface area (TPSA) is 64.9 Å². The van der Waals surface area contributed by atoms with E-state index in [4.69, 9.17) is 10.3 Å². The summed E-state index contributed by atoms with van der Waals surface area (Å²) in [5.41, 5.74) is 7.34. The summed E-state index contributed by atoms with van der Waals surface area (Å²) >= 11 is 0. The lowest BCUT2D eigenvalue weighted by Gasteiger charge is -1.99. The van der Waals surface area contributed by atoms with Gasteiger partial charge in [-0.25, -0.2) is 0 Å². The first-order valence-corrected chi connectivity index (χ1v) is 6.02. The van der Waals surface area contributed by atoms with Gasteiger partial charge < -0.3 is 10.3 Å². The fourth-order valence-electron chi connectivity index (χ4n) is 2.37. The molecule has 0 spiro atoms. The molecule has 0 unspecified atom stereocenters. The first-order valence-electron chi connectivity index (χ1n) is 6.02. The molecule has 2 aromatic rings. The average molecular weight is 266 g/mol. The summed E-state index contributed by atoms with van der Waals surface area (Å²) in [6, 6.07) is 7.52. The van der Waals surface area contributed by atoms with Gasteiger partial charge in [0, 0.05) is 17.2 Å². The summed E-state index contributed by atoms with van der Waals surface area (Å²) in [6.45, 7) is 0. The molecule has 1 aliphatic rings. The predicted octanol–water partition coefficient (Wildman–Crippen LogP) is 3.40. The first-order chi connectivity index (χ1) is 8.33. The Hall–Kier alpha value is -1.55. The van der Waals surface area contributed by atoms with E-state index in [0.29, 0.717) is 17.5 Å². The van der Waals surface area contributed by atoms with Crippen molar-refractivity contribution in [2.75, 3.05) is 5.73 Å². The molecule has 1 heterocycles. The van der Waals surface area contributed by atoms with Crippen molar-refractivity contribution < 1.29 is 4.52 Å². The van der Waals surface area contributed by atoms with E-state index in [1.165, 1.54) is 25.7 Å². The molecule has 4 nitrogen and oxygen atoms in total. The summed E-state index contributed by atoms with van der Waals surface area (Å²) in [5, 5.41) is 4.08. The van der Waals surface area contributed by atoms with Crippen LogP contribution in [0.3, 0.4) is 0 Å². The smallest absolute Gasteiger partial charge is 0.258 e. The van der Waals surface area contributed by atoms with Crippen molar-refractivity contribution in [2.45, 2.75) is 31.6 Å². The van der Waals surface area contributed by atoms with E-state index in [2.05, 4.69) is 10.1 Å². The van der Waals surface area contributed by atoms with Gasteiger partial charge in [0.25, 0.3) is 5.89 Å². The van der Waals surface area contributed by atoms with Crippen molar-refractivity contribution in [3.63, 3.8) is 0 Å². The second-order valence-corrected chi connectivity index (χ2v) is 4.56. The SMILES string of the molecule is Cl.Nc1cccc(-c2nc(C3CCCC3)no2)c1. The Bertz CT molecular complexity index is 520. The van der Waals surface area contributed by atoms with Gasteiger partial charge >= 0.3 is 0 Å². The minimum Gasteiger partial charge on any atom is -0.399 e. The normalized spacial score (nSPS) is 15.6. The van der Waals surface area contributed by atoms with E-state index in [1.807, 2.05) is 24.3 Å². The Labute approximate surface area is 112 Å². The lowest BCUT2D eigenvalue weighted by atomic mass is 10.1. The number of nitrogens with zero attached hydrogens (tertiary/aromatic N) is 2. The van der Waals surface area contributed by atoms with Gasteiger partial charge in [-0.15, -0.1) is 12.4 Å². The van der Waals surface area contributed by atoms with Crippen LogP contribution in [0.5, 0.6) is 0 Å². The van der Waals surface area contributed by atoms with Crippen LogP contribution < -0.4 is 5.73 Å². The molecule has 1 aromatic heterocycles. The number of halogens is 1. The van der Waals surface area contributed by atoms with E-state index < -0.39 is 0 Å². The quantitative estimate of drug-likeness (QED) is 0.845. The maximum absolute atomic E-state index is 5.74. The molecule has 0 amide bonds. The lowest BCUT2D eigenvalue weighted by molar-refractivity contribution is 0.416. The number of anilines is 1. The summed E-state index contributed by atoms with van der Waals surface area (Å²) in [6.07, 6.45) is 4.89. The van der Waals surface area contributed by atoms with Gasteiger partial charge in [0.15, 0.2) is 5.82 Å². The van der Waals surface area contributed by atoms with Crippen LogP contribution in [0.1, 0.15) is 37.4 Å². The van der Waals surface area contributed by atoms with E-state index >= 15 is 0 Å². The second kappa shape index (κ2) is 5.40. The number of hydrogen-bond acceptors (Lipinski definition) is 4. The molecule has 0 bridgehead atoms. The molecule has 1 saturated carbocycles. The van der Waals surface area contributed by atoms with Crippen LogP contribution in [-0.2, 0) is 0 Å². The minimum absolute atomic E-state index is 0. The predicted molar refractivity (Wildman–Crippen MR) is 72.6 cm³/mol. The molecule has 2 N–H and O–H groups in total. The van der Waals surface area contributed by atoms with Gasteiger partial charge in [0.05, 0.1) is 0 Å². The fourth-order valence-corrected chi connectivity index (χ4v) is 2.37. The highest BCUT2D eigenvalue weighted by molar-refractivity contribution is 5.85. The third kappa shape index (κ3) is 2.48. The zero-order valence-electron chi connectivity index (χ0n) is 10.0. The van der Waals surface area contributed by atoms with Gasteiger partial charge in [0.1, 0.15) is 0 Å². The van der Waals surface area contributed by atoms with Gasteiger partial charge in [-0.1, -0.05) is 24.1 Å². The van der Waals surface area contributed by atoms with E-state index in [-0.39, 0.29) is 12.4 Å². The third-order valence-electron chi connectivity index (χ3n) is 3.30. The first kappa shape index (κ1) is 12.9. The number of nitrogen functional groups attached to an aromatic ring is 1. The zero-order valence-corrected chi connectivity index (χ0v) is 10.8. The van der Waals surface area contributed by atoms with Gasteiger partial charge in [-0.3, -0.25) is 0 Å². The molecule has 3 rings (SSSR count). The van der Waals surface area contributed by atoms with Crippen molar-refractivity contribution in [3.8, 4) is 11.5 Å². The molecule has 0 atom stereocenters. The molecule has 1 aromatic carbocycles. The molecule has 1 fully saturated rings. The third-order valence-corrected chi connectivity index (χ3v) is 3.30. The summed E-state index contributed by atoms with van der Waals surface area (Å²) in [4.78, 5) is 4.47. The van der Waals surface area contributed by atoms with Crippen LogP contribution in [0, 0.1) is 0 Å². The van der Waals surface area contributed by atoms with Crippen molar-refractivity contribution in [1.29, 1.82) is 0 Å². The Kier molecular flexibility index (Phi) is 3.87. The van der Waals surface area contributed by atoms with E-state index in [9.17, 15) is 0 Å². The Morgan fingerprint density at radius 3 is 2.72 bits per heavy atom. The van der Waals surface area contributed by atoms with Crippen LogP contribution in [0.15, 0.2) is 28.8 Å². The fraction of sp³-hybridized carbons (Fsp3) is 0.385. The molecular formula is C13H16ClN3O. The molecule has 0 saturated heterocycles. The number of hydrogen-bond donors (Lipinski definition) is 1. The van der Waals surface area contributed by atoms with Gasteiger partial charge in [-0.05, 0) is 31.0 Å². The van der Waals surface area contributed by atoms with E-state index in [0.717, 1.165) is 11.4 Å². The van der Waals surface area contributed by atoms with Crippen molar-refractivity contribution in [1.82, 2.24) is 10.1 Å². The maximum Gasteiger partial charge on any atom is 0.258 e. The van der Waals surface area contributed by atoms with Crippen LogP contribution in [0.25, 0.3) is 11.5 Å². The highest BCUT2D eigenvalue weighted by Gasteiger charge is 2.22. The molecular weight excluding hydrogens is 250 g/mol. The number of benzene rings is 1. The van der Waals surface area contributed by atoms with E-state index in [1.54, 1.807) is 0 Å². The molecule has 18 heavy (non-hydrogen) atoms. The molecule has 5 heteroatoms. The van der Waals surface area contributed by atoms with Crippen molar-refractivity contribution in [3.05, 3.63) is 30.1 Å². The van der Waals surface area contributed by atoms with Crippen LogP contribution in [0.4, 0.5) is 5.69 Å². The standard InChI is InChI=1S/C13H15N3O.ClH/c14-11-7-3-6-10(8-11)13-15-12(16-17-13)9-4-1-2-5-9;/h3,6-9H,1-2,4-5,14H2;1H. The summed E-state index contributed by atoms with van der Waals surface area (Å²) in [7, 11) is 0. The maximum atomic E-state index is 5.74. The average Bonchev–Trinajstić information content (AvgIpc) is 3.00. The van der Waals surface area contributed by atoms with Gasteiger partial charge in [0.2, 0.25) is 0 Å². The molecule has 96 valence electrons. The number of aromatic nitrogens is 2. The molecule has 0 radical (unpaired) electrons. The molecule has 1 aliphatic carbocycles. The van der Waals surface area contributed by atoms with Crippen LogP contribution >= 0.6 is 12.4 Å². The molecule has 0 aliphatic heterocycles. The van der Waals surface area contributed by atoms with Crippen LogP contribution in [-0.4, -0.2) is 10.1 Å². The monoisotopic (exact) mass is 265 g/mol. The highest BCUT2D eigenvalue weighted by atomic mass is 35.5. The van der Waals surface area contributed by atoms with Crippen molar-refractivity contribution >= 4 is 18.1 Å². The Balaban J connectivity index is 0.00000120. The second-order valence-electron chi connectivity index (χ2n) is 4.56. The van der Waals surface area contributed by atoms with Crippen molar-refractivity contribution in [2.24, 2.45) is 0 Å². The Morgan fingerprint density at radius 1 is 1.22 bits per heavy atom. The largest absolute Gasteiger partial charge is 0.399 e. The van der Waals surface area contributed by atoms with Crippen LogP contribution in [0.2, 0.25) is 0 Å². The minimum atomic E-state index is 0. The van der Waals surface area contributed by atoms with Gasteiger partial charge in [-0.2, -0.15) is 4.98 Å². The number of nitrogens with two attached hydrogens (primary N) is 1. The zero-order chi connectivity index (χ0) is 11.7. The summed E-state index contributed by atoms with van der Waals surface area (Å²) in [5.74, 6) is 1.90. The number of rotatable bonds is 2. The Morgan fingerprint density at radius 2 is 2.00 bits per heavy atom. The lowest BCUT2D eigenvalue weighted by Crippen LogP contribution is -1.94. The highest BCUT2D eigenvalue weighted by Crippen LogP contribution is 2.33. The summed E-state index contributed by atoms with van der Waals surface area (Å²) < 4.78 is 5.30.